The van der Waals surface area contributed by atoms with Gasteiger partial charge in [-0.3, -0.25) is 4.79 Å². The number of amides is 3. The SMILES string of the molecule is O=C(Nc1ccccc1F)Nc1cccc2c1CCN(C(=O)C(Sc1cccs1)c1cccc(Cl)c1)C2. The smallest absolute Gasteiger partial charge is 0.323 e. The van der Waals surface area contributed by atoms with Crippen LogP contribution < -0.4 is 10.6 Å². The third kappa shape index (κ3) is 5.98. The molecular formula is C28H23ClFN3O2S2. The van der Waals surface area contributed by atoms with Crippen molar-refractivity contribution in [1.29, 1.82) is 0 Å². The number of carbonyl (C=O) groups is 2. The first-order chi connectivity index (χ1) is 18.0. The number of anilines is 2. The summed E-state index contributed by atoms with van der Waals surface area (Å²) in [4.78, 5) is 28.2. The van der Waals surface area contributed by atoms with Gasteiger partial charge in [-0.1, -0.05) is 65.8 Å². The van der Waals surface area contributed by atoms with E-state index in [1.807, 2.05) is 58.8 Å². The average Bonchev–Trinajstić information content (AvgIpc) is 3.41. The highest BCUT2D eigenvalue weighted by Crippen LogP contribution is 2.40. The summed E-state index contributed by atoms with van der Waals surface area (Å²) in [5, 5.41) is 7.55. The van der Waals surface area contributed by atoms with Gasteiger partial charge in [-0.2, -0.15) is 0 Å². The maximum atomic E-state index is 13.9. The molecule has 2 heterocycles. The topological polar surface area (TPSA) is 61.4 Å². The quantitative estimate of drug-likeness (QED) is 0.242. The number of urea groups is 1. The number of thiophene rings is 1. The average molecular weight is 552 g/mol. The van der Waals surface area contributed by atoms with Gasteiger partial charge in [0.15, 0.2) is 0 Å². The largest absolute Gasteiger partial charge is 0.337 e. The number of benzene rings is 3. The van der Waals surface area contributed by atoms with Gasteiger partial charge < -0.3 is 15.5 Å². The molecule has 188 valence electrons. The predicted molar refractivity (Wildman–Crippen MR) is 149 cm³/mol. The zero-order valence-electron chi connectivity index (χ0n) is 19.6. The number of fused-ring (bicyclic) bond motifs is 1. The van der Waals surface area contributed by atoms with Crippen molar-refractivity contribution in [2.75, 3.05) is 17.2 Å². The molecule has 1 aliphatic rings. The second-order valence-electron chi connectivity index (χ2n) is 8.50. The summed E-state index contributed by atoms with van der Waals surface area (Å²) in [7, 11) is 0. The fourth-order valence-corrected chi connectivity index (χ4v) is 6.54. The Labute approximate surface area is 227 Å². The molecule has 5 rings (SSSR count). The van der Waals surface area contributed by atoms with Crippen LogP contribution >= 0.6 is 34.7 Å². The standard InChI is InChI=1S/C28H23ClFN3O2S2/c29-20-8-3-6-18(16-20)26(37-25-12-5-15-36-25)27(34)33-14-13-21-19(17-33)7-4-11-23(21)31-28(35)32-24-10-2-1-9-22(24)30/h1-12,15-16,26H,13-14,17H2,(H2,31,32,35). The Bertz CT molecular complexity index is 1430. The van der Waals surface area contributed by atoms with E-state index in [1.165, 1.54) is 23.9 Å². The molecule has 2 N–H and O–H groups in total. The first kappa shape index (κ1) is 25.3. The van der Waals surface area contributed by atoms with E-state index in [0.717, 1.165) is 20.9 Å². The molecular weight excluding hydrogens is 529 g/mol. The monoisotopic (exact) mass is 551 g/mol. The maximum Gasteiger partial charge on any atom is 0.323 e. The molecule has 0 bridgehead atoms. The summed E-state index contributed by atoms with van der Waals surface area (Å²) < 4.78 is 15.0. The summed E-state index contributed by atoms with van der Waals surface area (Å²) in [6, 6.07) is 22.6. The summed E-state index contributed by atoms with van der Waals surface area (Å²) in [5.41, 5.74) is 3.56. The number of thioether (sulfide) groups is 1. The van der Waals surface area contributed by atoms with E-state index in [4.69, 9.17) is 11.6 Å². The van der Waals surface area contributed by atoms with Crippen molar-refractivity contribution < 1.29 is 14.0 Å². The molecule has 1 aliphatic heterocycles. The first-order valence-electron chi connectivity index (χ1n) is 11.7. The number of nitrogens with zero attached hydrogens (tertiary/aromatic N) is 1. The highest BCUT2D eigenvalue weighted by molar-refractivity contribution is 8.02. The van der Waals surface area contributed by atoms with Crippen LogP contribution in [0.15, 0.2) is 88.5 Å². The molecule has 0 aliphatic carbocycles. The fraction of sp³-hybridized carbons (Fsp3) is 0.143. The highest BCUT2D eigenvalue weighted by Gasteiger charge is 2.30. The van der Waals surface area contributed by atoms with Crippen molar-refractivity contribution in [3.05, 3.63) is 112 Å². The maximum absolute atomic E-state index is 13.9. The Kier molecular flexibility index (Phi) is 7.79. The van der Waals surface area contributed by atoms with Crippen LogP contribution in [-0.2, 0) is 17.8 Å². The lowest BCUT2D eigenvalue weighted by Gasteiger charge is -2.32. The molecule has 37 heavy (non-hydrogen) atoms. The lowest BCUT2D eigenvalue weighted by molar-refractivity contribution is -0.131. The van der Waals surface area contributed by atoms with E-state index in [2.05, 4.69) is 10.6 Å². The van der Waals surface area contributed by atoms with Gasteiger partial charge in [0.25, 0.3) is 0 Å². The Hall–Kier alpha value is -3.33. The van der Waals surface area contributed by atoms with E-state index < -0.39 is 17.1 Å². The van der Waals surface area contributed by atoms with Crippen molar-refractivity contribution >= 4 is 58.0 Å². The molecule has 0 fully saturated rings. The minimum atomic E-state index is -0.523. The number of hydrogen-bond donors (Lipinski definition) is 2. The zero-order valence-corrected chi connectivity index (χ0v) is 22.0. The van der Waals surface area contributed by atoms with Crippen molar-refractivity contribution in [2.24, 2.45) is 0 Å². The minimum absolute atomic E-state index is 0.0157. The molecule has 1 unspecified atom stereocenters. The normalized spacial score (nSPS) is 13.5. The van der Waals surface area contributed by atoms with E-state index in [1.54, 1.807) is 29.5 Å². The van der Waals surface area contributed by atoms with Gasteiger partial charge in [-0.15, -0.1) is 11.3 Å². The van der Waals surface area contributed by atoms with Crippen molar-refractivity contribution in [3.63, 3.8) is 0 Å². The van der Waals surface area contributed by atoms with Crippen molar-refractivity contribution in [3.8, 4) is 0 Å². The second-order valence-corrected chi connectivity index (χ2v) is 11.3. The third-order valence-electron chi connectivity index (χ3n) is 6.05. The molecule has 0 spiro atoms. The van der Waals surface area contributed by atoms with E-state index >= 15 is 0 Å². The number of carbonyl (C=O) groups excluding carboxylic acids is 2. The molecule has 0 saturated heterocycles. The molecule has 1 aromatic heterocycles. The molecule has 3 amide bonds. The fourth-order valence-electron chi connectivity index (χ4n) is 4.30. The number of nitrogens with one attached hydrogen (secondary N) is 2. The summed E-state index contributed by atoms with van der Waals surface area (Å²) in [6.07, 6.45) is 0.586. The lowest BCUT2D eigenvalue weighted by atomic mass is 9.97. The lowest BCUT2D eigenvalue weighted by Crippen LogP contribution is -2.38. The van der Waals surface area contributed by atoms with Gasteiger partial charge in [0.2, 0.25) is 5.91 Å². The Balaban J connectivity index is 1.33. The molecule has 3 aromatic carbocycles. The Morgan fingerprint density at radius 2 is 1.76 bits per heavy atom. The van der Waals surface area contributed by atoms with Crippen LogP contribution in [0.5, 0.6) is 0 Å². The Morgan fingerprint density at radius 3 is 2.54 bits per heavy atom. The minimum Gasteiger partial charge on any atom is -0.337 e. The van der Waals surface area contributed by atoms with E-state index in [9.17, 15) is 14.0 Å². The van der Waals surface area contributed by atoms with Gasteiger partial charge in [-0.25, -0.2) is 9.18 Å². The molecule has 0 radical (unpaired) electrons. The molecule has 1 atom stereocenters. The third-order valence-corrected chi connectivity index (χ3v) is 8.60. The van der Waals surface area contributed by atoms with Crippen LogP contribution in [0.4, 0.5) is 20.6 Å². The van der Waals surface area contributed by atoms with Crippen LogP contribution in [0.1, 0.15) is 21.9 Å². The molecule has 0 saturated carbocycles. The number of para-hydroxylation sites is 1. The van der Waals surface area contributed by atoms with Crippen LogP contribution in [0.25, 0.3) is 0 Å². The van der Waals surface area contributed by atoms with Crippen LogP contribution in [0.3, 0.4) is 0 Å². The first-order valence-corrected chi connectivity index (χ1v) is 13.8. The Morgan fingerprint density at radius 1 is 0.973 bits per heavy atom. The van der Waals surface area contributed by atoms with Crippen molar-refractivity contribution in [1.82, 2.24) is 4.90 Å². The number of halogens is 2. The summed E-state index contributed by atoms with van der Waals surface area (Å²) in [5.74, 6) is -0.487. The van der Waals surface area contributed by atoms with Gasteiger partial charge >= 0.3 is 6.03 Å². The van der Waals surface area contributed by atoms with Gasteiger partial charge in [0.1, 0.15) is 11.1 Å². The summed E-state index contributed by atoms with van der Waals surface area (Å²) in [6.45, 7) is 0.947. The van der Waals surface area contributed by atoms with Crippen LogP contribution in [0.2, 0.25) is 5.02 Å². The summed E-state index contributed by atoms with van der Waals surface area (Å²) >= 11 is 9.38. The predicted octanol–water partition coefficient (Wildman–Crippen LogP) is 7.60. The molecule has 5 nitrogen and oxygen atoms in total. The van der Waals surface area contributed by atoms with E-state index in [0.29, 0.717) is 30.2 Å². The van der Waals surface area contributed by atoms with Gasteiger partial charge in [0, 0.05) is 23.8 Å². The second kappa shape index (κ2) is 11.4. The van der Waals surface area contributed by atoms with Crippen molar-refractivity contribution in [2.45, 2.75) is 22.4 Å². The molecule has 9 heteroatoms. The zero-order chi connectivity index (χ0) is 25.8. The van der Waals surface area contributed by atoms with Gasteiger partial charge in [0.05, 0.1) is 9.90 Å². The molecule has 4 aromatic rings. The van der Waals surface area contributed by atoms with Crippen LogP contribution in [-0.4, -0.2) is 23.4 Å². The number of rotatable bonds is 6. The van der Waals surface area contributed by atoms with E-state index in [-0.39, 0.29) is 11.6 Å². The van der Waals surface area contributed by atoms with Gasteiger partial charge in [-0.05, 0) is 64.9 Å². The highest BCUT2D eigenvalue weighted by atomic mass is 35.5. The van der Waals surface area contributed by atoms with Crippen LogP contribution in [0, 0.1) is 5.82 Å². The number of hydrogen-bond acceptors (Lipinski definition) is 4.